The second-order valence-electron chi connectivity index (χ2n) is 11.8. The second-order valence-corrected chi connectivity index (χ2v) is 11.8. The Labute approximate surface area is 259 Å². The molecule has 1 spiro atoms. The molecule has 45 heavy (non-hydrogen) atoms. The Morgan fingerprint density at radius 3 is 2.64 bits per heavy atom. The highest BCUT2D eigenvalue weighted by molar-refractivity contribution is 5.89. The van der Waals surface area contributed by atoms with Crippen LogP contribution >= 0.6 is 0 Å². The van der Waals surface area contributed by atoms with Gasteiger partial charge in [0.25, 0.3) is 5.56 Å². The summed E-state index contributed by atoms with van der Waals surface area (Å²) < 4.78 is 36.4. The number of halogens is 1. The molecule has 3 aromatic carbocycles. The monoisotopic (exact) mass is 609 g/mol. The lowest BCUT2D eigenvalue weighted by atomic mass is 10.1. The third-order valence-electron chi connectivity index (χ3n) is 8.80. The zero-order valence-electron chi connectivity index (χ0n) is 25.2. The molecule has 230 valence electrons. The van der Waals surface area contributed by atoms with Crippen LogP contribution in [-0.2, 0) is 11.8 Å². The molecule has 9 nitrogen and oxygen atoms in total. The van der Waals surface area contributed by atoms with Crippen molar-refractivity contribution in [1.82, 2.24) is 14.3 Å². The smallest absolute Gasteiger partial charge is 0.355 e. The fourth-order valence-electron chi connectivity index (χ4n) is 6.08. The summed E-state index contributed by atoms with van der Waals surface area (Å²) in [6, 6.07) is 20.6. The minimum Gasteiger partial charge on any atom is -0.493 e. The molecular weight excluding hydrogens is 575 g/mol. The summed E-state index contributed by atoms with van der Waals surface area (Å²) in [5.41, 5.74) is 1.91. The standard InChI is InChI=1S/C35H33FN4O5/c1-22-32(34(42)40(39(22)2)24-6-4-3-5-7-24)33(41)38-23-8-11-31(28(36)20-23)44-30-13-18-37-29-21-26(9-10-27(29)30)43-19-14-25-12-15-35(45-25)16-17-35/h3-11,13,18,20-21,25H,12,14-17,19H2,1-2H3,(H,38,41)/p+1. The lowest BCUT2D eigenvalue weighted by molar-refractivity contribution is -0.464. The first kappa shape index (κ1) is 28.9. The van der Waals surface area contributed by atoms with E-state index >= 15 is 4.39 Å². The summed E-state index contributed by atoms with van der Waals surface area (Å²) >= 11 is 0. The van der Waals surface area contributed by atoms with Crippen molar-refractivity contribution >= 4 is 22.5 Å². The molecule has 3 heterocycles. The highest BCUT2D eigenvalue weighted by Gasteiger charge is 2.49. The number of nitrogens with two attached hydrogens (primary N) is 1. The van der Waals surface area contributed by atoms with Crippen molar-refractivity contribution in [3.63, 3.8) is 0 Å². The minimum absolute atomic E-state index is 0.000233. The molecule has 1 atom stereocenters. The number of nitrogens with zero attached hydrogens (tertiary/aromatic N) is 3. The van der Waals surface area contributed by atoms with Gasteiger partial charge in [-0.2, -0.15) is 0 Å². The zero-order chi connectivity index (χ0) is 31.1. The molecule has 7 rings (SSSR count). The number of carbonyl (C=O) groups is 1. The number of primary amides is 1. The van der Waals surface area contributed by atoms with Gasteiger partial charge in [-0.05, 0) is 69.0 Å². The first-order valence-corrected chi connectivity index (χ1v) is 15.2. The average molecular weight is 610 g/mol. The van der Waals surface area contributed by atoms with E-state index in [0.717, 1.165) is 19.3 Å². The van der Waals surface area contributed by atoms with E-state index in [0.29, 0.717) is 46.1 Å². The Morgan fingerprint density at radius 2 is 1.89 bits per heavy atom. The number of rotatable bonds is 9. The fraction of sp³-hybridized carbons (Fsp3) is 0.286. The van der Waals surface area contributed by atoms with Crippen LogP contribution in [0.5, 0.6) is 17.2 Å². The number of quaternary nitrogens is 1. The third kappa shape index (κ3) is 5.74. The Morgan fingerprint density at radius 1 is 1.07 bits per heavy atom. The van der Waals surface area contributed by atoms with Crippen molar-refractivity contribution in [1.29, 1.82) is 0 Å². The summed E-state index contributed by atoms with van der Waals surface area (Å²) in [6.45, 7) is 2.27. The van der Waals surface area contributed by atoms with Gasteiger partial charge in [0, 0.05) is 43.3 Å². The maximum absolute atomic E-state index is 15.2. The number of benzene rings is 3. The van der Waals surface area contributed by atoms with Gasteiger partial charge in [0.1, 0.15) is 17.2 Å². The van der Waals surface area contributed by atoms with E-state index in [1.165, 1.54) is 35.0 Å². The number of amides is 1. The Bertz CT molecular complexity index is 1960. The van der Waals surface area contributed by atoms with Crippen molar-refractivity contribution in [3.05, 3.63) is 106 Å². The van der Waals surface area contributed by atoms with E-state index in [1.54, 1.807) is 49.1 Å². The molecule has 2 aromatic heterocycles. The lowest BCUT2D eigenvalue weighted by Gasteiger charge is -2.14. The summed E-state index contributed by atoms with van der Waals surface area (Å²) in [6.07, 6.45) is 7.34. The number of aromatic nitrogens is 3. The van der Waals surface area contributed by atoms with Gasteiger partial charge >= 0.3 is 5.91 Å². The van der Waals surface area contributed by atoms with Crippen LogP contribution in [0.4, 0.5) is 10.1 Å². The number of hydrogen-bond acceptors (Lipinski definition) is 6. The molecule has 0 bridgehead atoms. The maximum atomic E-state index is 15.2. The van der Waals surface area contributed by atoms with Crippen molar-refractivity contribution in [3.8, 4) is 22.9 Å². The van der Waals surface area contributed by atoms with E-state index in [4.69, 9.17) is 14.2 Å². The van der Waals surface area contributed by atoms with Crippen LogP contribution in [0.25, 0.3) is 16.6 Å². The Hall–Kier alpha value is -4.80. The molecule has 2 N–H and O–H groups in total. The summed E-state index contributed by atoms with van der Waals surface area (Å²) in [7, 11) is 1.72. The molecule has 1 saturated heterocycles. The first-order chi connectivity index (χ1) is 21.8. The van der Waals surface area contributed by atoms with Crippen LogP contribution in [0.3, 0.4) is 0 Å². The van der Waals surface area contributed by atoms with E-state index in [-0.39, 0.29) is 23.0 Å². The van der Waals surface area contributed by atoms with Crippen LogP contribution in [0.2, 0.25) is 0 Å². The van der Waals surface area contributed by atoms with Gasteiger partial charge in [0.05, 0.1) is 35.2 Å². The number of hydrogen-bond donors (Lipinski definition) is 1. The number of para-hydroxylation sites is 1. The first-order valence-electron chi connectivity index (χ1n) is 15.2. The minimum atomic E-state index is -0.643. The van der Waals surface area contributed by atoms with E-state index in [1.807, 2.05) is 36.4 Å². The van der Waals surface area contributed by atoms with E-state index in [9.17, 15) is 9.59 Å². The molecular formula is C35H34FN4O5+. The molecule has 0 radical (unpaired) electrons. The van der Waals surface area contributed by atoms with Crippen LogP contribution in [0, 0.1) is 12.7 Å². The van der Waals surface area contributed by atoms with Gasteiger partial charge in [-0.15, -0.1) is 0 Å². The predicted molar refractivity (Wildman–Crippen MR) is 166 cm³/mol. The van der Waals surface area contributed by atoms with Crippen LogP contribution in [0.15, 0.2) is 83.8 Å². The number of pyridine rings is 1. The second kappa shape index (κ2) is 11.6. The maximum Gasteiger partial charge on any atom is 0.355 e. The molecule has 1 amide bonds. The molecule has 1 saturated carbocycles. The molecule has 2 aliphatic rings. The third-order valence-corrected chi connectivity index (χ3v) is 8.80. The quantitative estimate of drug-likeness (QED) is 0.222. The van der Waals surface area contributed by atoms with Crippen molar-refractivity contribution in [2.75, 3.05) is 6.61 Å². The Kier molecular flexibility index (Phi) is 7.47. The van der Waals surface area contributed by atoms with Crippen molar-refractivity contribution < 1.29 is 28.7 Å². The highest BCUT2D eigenvalue weighted by Crippen LogP contribution is 2.50. The van der Waals surface area contributed by atoms with Gasteiger partial charge in [-0.1, -0.05) is 18.2 Å². The highest BCUT2D eigenvalue weighted by atomic mass is 19.1. The molecule has 10 heteroatoms. The summed E-state index contributed by atoms with van der Waals surface area (Å²) in [5, 5.41) is 1.97. The van der Waals surface area contributed by atoms with Gasteiger partial charge in [0.2, 0.25) is 0 Å². The fourth-order valence-corrected chi connectivity index (χ4v) is 6.08. The number of fused-ring (bicyclic) bond motifs is 1. The topological polar surface area (TPSA) is 101 Å². The lowest BCUT2D eigenvalue weighted by Crippen LogP contribution is -2.82. The van der Waals surface area contributed by atoms with Gasteiger partial charge in [-0.25, -0.2) is 19.2 Å². The molecule has 2 fully saturated rings. The number of ether oxygens (including phenoxy) is 3. The van der Waals surface area contributed by atoms with Gasteiger partial charge in [-0.3, -0.25) is 14.5 Å². The predicted octanol–water partition coefficient (Wildman–Crippen LogP) is 5.48. The van der Waals surface area contributed by atoms with Crippen LogP contribution < -0.4 is 20.3 Å². The normalized spacial score (nSPS) is 16.7. The zero-order valence-corrected chi connectivity index (χ0v) is 25.2. The number of carbonyl (C=O) groups excluding carboxylic acids is 1. The molecule has 1 aliphatic carbocycles. The average Bonchev–Trinajstić information content (AvgIpc) is 3.61. The summed E-state index contributed by atoms with van der Waals surface area (Å²) in [5.74, 6) is -0.00804. The largest absolute Gasteiger partial charge is 0.493 e. The van der Waals surface area contributed by atoms with Crippen LogP contribution in [-0.4, -0.2) is 38.6 Å². The van der Waals surface area contributed by atoms with Gasteiger partial charge in [0.15, 0.2) is 17.1 Å². The SMILES string of the molecule is Cc1c(C(=O)[NH2+]c2ccc(Oc3ccnc4cc(OCCC5CCC6(CC6)O5)ccc34)c(F)c2)c(=O)n(-c2ccccc2)n1C. The van der Waals surface area contributed by atoms with Crippen LogP contribution in [0.1, 0.15) is 48.2 Å². The molecule has 5 aromatic rings. The molecule has 1 unspecified atom stereocenters. The van der Waals surface area contributed by atoms with Gasteiger partial charge < -0.3 is 14.2 Å². The van der Waals surface area contributed by atoms with Crippen molar-refractivity contribution in [2.24, 2.45) is 7.05 Å². The molecule has 1 aliphatic heterocycles. The Balaban J connectivity index is 1.03. The van der Waals surface area contributed by atoms with E-state index in [2.05, 4.69) is 4.98 Å². The van der Waals surface area contributed by atoms with Crippen molar-refractivity contribution in [2.45, 2.75) is 50.7 Å². The van der Waals surface area contributed by atoms with E-state index < -0.39 is 17.3 Å². The summed E-state index contributed by atoms with van der Waals surface area (Å²) in [4.78, 5) is 30.9.